The standard InChI is InChI=1S/C16H20Cl2N2O/c17-12-6-10-4-5-20(9-14(10)15(18)8-12)16(21)11-2-1-3-13(19)7-11/h6,8,11,13H,1-5,7,9,19H2. The molecule has 2 N–H and O–H groups in total. The van der Waals surface area contributed by atoms with Gasteiger partial charge in [-0.2, -0.15) is 0 Å². The Morgan fingerprint density at radius 1 is 1.29 bits per heavy atom. The number of nitrogens with zero attached hydrogens (tertiary/aromatic N) is 1. The molecule has 0 radical (unpaired) electrons. The van der Waals surface area contributed by atoms with Gasteiger partial charge in [-0.1, -0.05) is 29.6 Å². The Balaban J connectivity index is 1.75. The van der Waals surface area contributed by atoms with Crippen LogP contribution >= 0.6 is 23.2 Å². The fraction of sp³-hybridized carbons (Fsp3) is 0.562. The summed E-state index contributed by atoms with van der Waals surface area (Å²) in [6.07, 6.45) is 4.69. The van der Waals surface area contributed by atoms with Crippen molar-refractivity contribution < 1.29 is 4.79 Å². The van der Waals surface area contributed by atoms with E-state index >= 15 is 0 Å². The number of rotatable bonds is 1. The molecule has 1 aliphatic carbocycles. The van der Waals surface area contributed by atoms with E-state index in [1.165, 1.54) is 0 Å². The summed E-state index contributed by atoms with van der Waals surface area (Å²) in [6, 6.07) is 3.89. The van der Waals surface area contributed by atoms with E-state index in [1.807, 2.05) is 11.0 Å². The number of hydrogen-bond acceptors (Lipinski definition) is 2. The topological polar surface area (TPSA) is 46.3 Å². The second-order valence-electron chi connectivity index (χ2n) is 6.16. The summed E-state index contributed by atoms with van der Waals surface area (Å²) in [6.45, 7) is 1.34. The zero-order valence-corrected chi connectivity index (χ0v) is 13.5. The molecule has 2 unspecified atom stereocenters. The zero-order valence-electron chi connectivity index (χ0n) is 11.9. The summed E-state index contributed by atoms with van der Waals surface area (Å²) >= 11 is 12.3. The lowest BCUT2D eigenvalue weighted by molar-refractivity contribution is -0.137. The van der Waals surface area contributed by atoms with Crippen molar-refractivity contribution in [2.75, 3.05) is 6.54 Å². The maximum absolute atomic E-state index is 12.7. The molecule has 1 saturated carbocycles. The second kappa shape index (κ2) is 6.15. The predicted molar refractivity (Wildman–Crippen MR) is 85.5 cm³/mol. The Morgan fingerprint density at radius 2 is 2.10 bits per heavy atom. The lowest BCUT2D eigenvalue weighted by Gasteiger charge is -2.34. The largest absolute Gasteiger partial charge is 0.338 e. The molecule has 1 fully saturated rings. The quantitative estimate of drug-likeness (QED) is 0.859. The summed E-state index contributed by atoms with van der Waals surface area (Å²) < 4.78 is 0. The molecule has 3 nitrogen and oxygen atoms in total. The first-order chi connectivity index (χ1) is 10.0. The summed E-state index contributed by atoms with van der Waals surface area (Å²) in [5, 5.41) is 1.33. The molecule has 21 heavy (non-hydrogen) atoms. The third-order valence-corrected chi connectivity index (χ3v) is 5.18. The highest BCUT2D eigenvalue weighted by atomic mass is 35.5. The van der Waals surface area contributed by atoms with Crippen molar-refractivity contribution in [2.24, 2.45) is 11.7 Å². The van der Waals surface area contributed by atoms with Crippen LogP contribution in [0.1, 0.15) is 36.8 Å². The van der Waals surface area contributed by atoms with Gasteiger partial charge in [0.25, 0.3) is 0 Å². The summed E-state index contributed by atoms with van der Waals surface area (Å²) in [4.78, 5) is 14.6. The van der Waals surface area contributed by atoms with E-state index in [1.54, 1.807) is 6.07 Å². The predicted octanol–water partition coefficient (Wildman–Crippen LogP) is 3.40. The molecule has 0 aromatic heterocycles. The number of hydrogen-bond donors (Lipinski definition) is 1. The Bertz CT molecular complexity index is 561. The van der Waals surface area contributed by atoms with E-state index in [9.17, 15) is 4.79 Å². The molecule has 2 atom stereocenters. The van der Waals surface area contributed by atoms with Gasteiger partial charge in [-0.15, -0.1) is 0 Å². The van der Waals surface area contributed by atoms with Gasteiger partial charge in [0.1, 0.15) is 0 Å². The first kappa shape index (κ1) is 15.1. The van der Waals surface area contributed by atoms with Crippen molar-refractivity contribution in [2.45, 2.75) is 44.7 Å². The highest BCUT2D eigenvalue weighted by molar-refractivity contribution is 6.35. The molecule has 1 aromatic carbocycles. The molecule has 0 spiro atoms. The van der Waals surface area contributed by atoms with Gasteiger partial charge in [-0.25, -0.2) is 0 Å². The molecule has 1 aromatic rings. The van der Waals surface area contributed by atoms with Gasteiger partial charge in [0.2, 0.25) is 5.91 Å². The summed E-state index contributed by atoms with van der Waals surface area (Å²) in [5.74, 6) is 0.322. The monoisotopic (exact) mass is 326 g/mol. The van der Waals surface area contributed by atoms with Crippen LogP contribution in [0, 0.1) is 5.92 Å². The van der Waals surface area contributed by atoms with E-state index in [0.29, 0.717) is 16.6 Å². The van der Waals surface area contributed by atoms with Crippen molar-refractivity contribution in [1.29, 1.82) is 0 Å². The molecule has 3 rings (SSSR count). The summed E-state index contributed by atoms with van der Waals surface area (Å²) in [7, 11) is 0. The van der Waals surface area contributed by atoms with Crippen LogP contribution in [0.2, 0.25) is 10.0 Å². The Hall–Kier alpha value is -0.770. The van der Waals surface area contributed by atoms with Crippen molar-refractivity contribution in [1.82, 2.24) is 4.90 Å². The molecule has 1 heterocycles. The molecular weight excluding hydrogens is 307 g/mol. The highest BCUT2D eigenvalue weighted by Crippen LogP contribution is 2.32. The van der Waals surface area contributed by atoms with Crippen LogP contribution in [0.15, 0.2) is 12.1 Å². The van der Waals surface area contributed by atoms with Gasteiger partial charge in [-0.05, 0) is 48.9 Å². The average molecular weight is 327 g/mol. The smallest absolute Gasteiger partial charge is 0.226 e. The molecule has 1 amide bonds. The number of benzene rings is 1. The third kappa shape index (κ3) is 3.20. The Kier molecular flexibility index (Phi) is 4.43. The molecule has 2 aliphatic rings. The van der Waals surface area contributed by atoms with E-state index in [4.69, 9.17) is 28.9 Å². The lowest BCUT2D eigenvalue weighted by atomic mass is 9.84. The Labute approximate surface area is 135 Å². The molecular formula is C16H20Cl2N2O. The number of fused-ring (bicyclic) bond motifs is 1. The minimum atomic E-state index is 0.0846. The van der Waals surface area contributed by atoms with Crippen molar-refractivity contribution in [3.05, 3.63) is 33.3 Å². The normalized spacial score (nSPS) is 25.6. The lowest BCUT2D eigenvalue weighted by Crippen LogP contribution is -2.43. The number of carbonyl (C=O) groups is 1. The highest BCUT2D eigenvalue weighted by Gasteiger charge is 2.31. The average Bonchev–Trinajstić information content (AvgIpc) is 2.46. The van der Waals surface area contributed by atoms with Crippen molar-refractivity contribution >= 4 is 29.1 Å². The molecule has 5 heteroatoms. The first-order valence-electron chi connectivity index (χ1n) is 7.55. The van der Waals surface area contributed by atoms with Gasteiger partial charge < -0.3 is 10.6 Å². The van der Waals surface area contributed by atoms with Crippen LogP contribution in [0.4, 0.5) is 0 Å². The molecule has 0 saturated heterocycles. The minimum Gasteiger partial charge on any atom is -0.338 e. The first-order valence-corrected chi connectivity index (χ1v) is 8.31. The Morgan fingerprint density at radius 3 is 2.86 bits per heavy atom. The SMILES string of the molecule is NC1CCCC(C(=O)N2CCc3cc(Cl)cc(Cl)c3C2)C1. The number of nitrogens with two attached hydrogens (primary N) is 1. The fourth-order valence-electron chi connectivity index (χ4n) is 3.48. The van der Waals surface area contributed by atoms with Gasteiger partial charge in [-0.3, -0.25) is 4.79 Å². The van der Waals surface area contributed by atoms with Crippen molar-refractivity contribution in [3.8, 4) is 0 Å². The van der Waals surface area contributed by atoms with Gasteiger partial charge in [0.15, 0.2) is 0 Å². The van der Waals surface area contributed by atoms with E-state index < -0.39 is 0 Å². The third-order valence-electron chi connectivity index (χ3n) is 4.63. The number of carbonyl (C=O) groups excluding carboxylic acids is 1. The zero-order chi connectivity index (χ0) is 15.0. The van der Waals surface area contributed by atoms with Crippen LogP contribution < -0.4 is 5.73 Å². The van der Waals surface area contributed by atoms with E-state index in [0.717, 1.165) is 49.8 Å². The summed E-state index contributed by atoms with van der Waals surface area (Å²) in [5.41, 5.74) is 8.21. The second-order valence-corrected chi connectivity index (χ2v) is 7.00. The number of halogens is 2. The van der Waals surface area contributed by atoms with Gasteiger partial charge >= 0.3 is 0 Å². The molecule has 114 valence electrons. The van der Waals surface area contributed by atoms with Gasteiger partial charge in [0, 0.05) is 35.1 Å². The number of amides is 1. The minimum absolute atomic E-state index is 0.0846. The molecule has 1 aliphatic heterocycles. The van der Waals surface area contributed by atoms with Crippen LogP contribution in [0.3, 0.4) is 0 Å². The molecule has 0 bridgehead atoms. The van der Waals surface area contributed by atoms with Crippen LogP contribution in [-0.2, 0) is 17.8 Å². The maximum Gasteiger partial charge on any atom is 0.226 e. The maximum atomic E-state index is 12.7. The van der Waals surface area contributed by atoms with Crippen LogP contribution in [0.25, 0.3) is 0 Å². The van der Waals surface area contributed by atoms with Crippen molar-refractivity contribution in [3.63, 3.8) is 0 Å². The van der Waals surface area contributed by atoms with Crippen LogP contribution in [0.5, 0.6) is 0 Å². The van der Waals surface area contributed by atoms with Crippen LogP contribution in [-0.4, -0.2) is 23.4 Å². The fourth-order valence-corrected chi connectivity index (χ4v) is 4.08. The van der Waals surface area contributed by atoms with E-state index in [-0.39, 0.29) is 17.9 Å². The van der Waals surface area contributed by atoms with E-state index in [2.05, 4.69) is 0 Å². The van der Waals surface area contributed by atoms with Gasteiger partial charge in [0.05, 0.1) is 0 Å².